The summed E-state index contributed by atoms with van der Waals surface area (Å²) in [7, 11) is -3.59. The number of hydrogen-bond acceptors (Lipinski definition) is 4. The minimum absolute atomic E-state index is 0.00413. The minimum Gasteiger partial charge on any atom is -0.481 e. The second kappa shape index (κ2) is 8.07. The number of carbonyl (C=O) groups is 2. The van der Waals surface area contributed by atoms with Crippen molar-refractivity contribution < 1.29 is 23.1 Å². The number of aliphatic carboxylic acids is 1. The molecule has 7 nitrogen and oxygen atoms in total. The average Bonchev–Trinajstić information content (AvgIpc) is 2.50. The molecule has 23 heavy (non-hydrogen) atoms. The molecule has 3 N–H and O–H groups in total. The number of rotatable bonds is 8. The van der Waals surface area contributed by atoms with Crippen molar-refractivity contribution in [1.82, 2.24) is 10.0 Å². The van der Waals surface area contributed by atoms with Crippen LogP contribution in [-0.2, 0) is 14.8 Å². The van der Waals surface area contributed by atoms with Crippen LogP contribution in [-0.4, -0.2) is 38.5 Å². The fourth-order valence-corrected chi connectivity index (χ4v) is 2.79. The molecule has 1 atom stereocenters. The van der Waals surface area contributed by atoms with Crippen molar-refractivity contribution in [1.29, 1.82) is 0 Å². The van der Waals surface area contributed by atoms with Crippen molar-refractivity contribution in [3.8, 4) is 0 Å². The maximum Gasteiger partial charge on any atom is 0.308 e. The van der Waals surface area contributed by atoms with Crippen LogP contribution in [0.15, 0.2) is 29.2 Å². The molecule has 0 aliphatic heterocycles. The Kier molecular flexibility index (Phi) is 6.71. The molecule has 1 amide bonds. The van der Waals surface area contributed by atoms with Crippen LogP contribution in [0.4, 0.5) is 0 Å². The van der Waals surface area contributed by atoms with E-state index in [2.05, 4.69) is 10.0 Å². The third-order valence-electron chi connectivity index (χ3n) is 3.10. The van der Waals surface area contributed by atoms with Crippen LogP contribution in [0.5, 0.6) is 0 Å². The molecular formula is C15H22N2O5S. The van der Waals surface area contributed by atoms with Crippen LogP contribution in [0.3, 0.4) is 0 Å². The molecule has 0 aliphatic carbocycles. The highest BCUT2D eigenvalue weighted by atomic mass is 32.2. The molecule has 0 saturated carbocycles. The van der Waals surface area contributed by atoms with Crippen molar-refractivity contribution in [2.24, 2.45) is 11.8 Å². The van der Waals surface area contributed by atoms with Gasteiger partial charge in [-0.3, -0.25) is 9.59 Å². The van der Waals surface area contributed by atoms with Gasteiger partial charge in [0.15, 0.2) is 0 Å². The van der Waals surface area contributed by atoms with Crippen molar-refractivity contribution in [3.63, 3.8) is 0 Å². The van der Waals surface area contributed by atoms with E-state index in [0.717, 1.165) is 0 Å². The Hall–Kier alpha value is -1.93. The normalized spacial score (nSPS) is 12.9. The van der Waals surface area contributed by atoms with E-state index in [4.69, 9.17) is 5.11 Å². The van der Waals surface area contributed by atoms with Gasteiger partial charge in [0.25, 0.3) is 5.91 Å². The van der Waals surface area contributed by atoms with Gasteiger partial charge >= 0.3 is 5.97 Å². The van der Waals surface area contributed by atoms with Gasteiger partial charge in [0.05, 0.1) is 10.8 Å². The molecule has 0 bridgehead atoms. The summed E-state index contributed by atoms with van der Waals surface area (Å²) in [5.41, 5.74) is 0.269. The monoisotopic (exact) mass is 342 g/mol. The Balaban J connectivity index is 2.72. The van der Waals surface area contributed by atoms with Crippen LogP contribution in [0.25, 0.3) is 0 Å². The van der Waals surface area contributed by atoms with Crippen LogP contribution in [0, 0.1) is 11.8 Å². The standard InChI is InChI=1S/C15H22N2O5S/c1-10(2)8-17-23(21,22)13-6-4-12(5-7-13)14(18)16-9-11(3)15(19)20/h4-7,10-11,17H,8-9H2,1-3H3,(H,16,18)(H,19,20). The molecule has 128 valence electrons. The van der Waals surface area contributed by atoms with Crippen LogP contribution in [0.2, 0.25) is 0 Å². The summed E-state index contributed by atoms with van der Waals surface area (Å²) in [5.74, 6) is -1.95. The smallest absolute Gasteiger partial charge is 0.308 e. The highest BCUT2D eigenvalue weighted by Crippen LogP contribution is 2.11. The number of carbonyl (C=O) groups excluding carboxylic acids is 1. The number of nitrogens with one attached hydrogen (secondary N) is 2. The lowest BCUT2D eigenvalue weighted by Gasteiger charge is -2.10. The van der Waals surface area contributed by atoms with E-state index in [1.165, 1.54) is 31.2 Å². The summed E-state index contributed by atoms with van der Waals surface area (Å²) >= 11 is 0. The molecule has 1 aromatic carbocycles. The lowest BCUT2D eigenvalue weighted by atomic mass is 10.1. The highest BCUT2D eigenvalue weighted by Gasteiger charge is 2.16. The fourth-order valence-electron chi connectivity index (χ4n) is 1.58. The Morgan fingerprint density at radius 3 is 2.13 bits per heavy atom. The molecule has 0 aromatic heterocycles. The first-order valence-electron chi connectivity index (χ1n) is 7.24. The molecule has 8 heteroatoms. The molecular weight excluding hydrogens is 320 g/mol. The first kappa shape index (κ1) is 19.1. The summed E-state index contributed by atoms with van der Waals surface area (Å²) in [6, 6.07) is 5.48. The number of carboxylic acid groups (broad SMARTS) is 1. The van der Waals surface area contributed by atoms with Crippen molar-refractivity contribution in [2.75, 3.05) is 13.1 Å². The fraction of sp³-hybridized carbons (Fsp3) is 0.467. The SMILES string of the molecule is CC(C)CNS(=O)(=O)c1ccc(C(=O)NCC(C)C(=O)O)cc1. The Morgan fingerprint density at radius 2 is 1.65 bits per heavy atom. The quantitative estimate of drug-likeness (QED) is 0.654. The van der Waals surface area contributed by atoms with Crippen LogP contribution < -0.4 is 10.0 Å². The zero-order valence-electron chi connectivity index (χ0n) is 13.4. The first-order valence-corrected chi connectivity index (χ1v) is 8.72. The van der Waals surface area contributed by atoms with E-state index in [-0.39, 0.29) is 22.9 Å². The molecule has 0 saturated heterocycles. The lowest BCUT2D eigenvalue weighted by Crippen LogP contribution is -2.31. The number of hydrogen-bond donors (Lipinski definition) is 3. The number of amides is 1. The topological polar surface area (TPSA) is 113 Å². The molecule has 0 radical (unpaired) electrons. The van der Waals surface area contributed by atoms with E-state index in [0.29, 0.717) is 6.54 Å². The molecule has 0 aliphatic rings. The van der Waals surface area contributed by atoms with Crippen molar-refractivity contribution in [2.45, 2.75) is 25.7 Å². The van der Waals surface area contributed by atoms with Gasteiger partial charge in [0.1, 0.15) is 0 Å². The highest BCUT2D eigenvalue weighted by molar-refractivity contribution is 7.89. The first-order chi connectivity index (χ1) is 10.6. The zero-order chi connectivity index (χ0) is 17.6. The molecule has 1 unspecified atom stereocenters. The van der Waals surface area contributed by atoms with Gasteiger partial charge in [-0.25, -0.2) is 13.1 Å². The molecule has 0 heterocycles. The van der Waals surface area contributed by atoms with Gasteiger partial charge in [0.2, 0.25) is 10.0 Å². The molecule has 1 rings (SSSR count). The predicted molar refractivity (Wildman–Crippen MR) is 85.6 cm³/mol. The van der Waals surface area contributed by atoms with E-state index in [1.807, 2.05) is 13.8 Å². The number of benzene rings is 1. The van der Waals surface area contributed by atoms with Gasteiger partial charge in [-0.2, -0.15) is 0 Å². The third kappa shape index (κ3) is 5.99. The van der Waals surface area contributed by atoms with Gasteiger partial charge in [0, 0.05) is 18.7 Å². The van der Waals surface area contributed by atoms with Gasteiger partial charge < -0.3 is 10.4 Å². The summed E-state index contributed by atoms with van der Waals surface area (Å²) in [6.45, 7) is 5.61. The van der Waals surface area contributed by atoms with E-state index >= 15 is 0 Å². The number of sulfonamides is 1. The van der Waals surface area contributed by atoms with Gasteiger partial charge in [-0.1, -0.05) is 20.8 Å². The summed E-state index contributed by atoms with van der Waals surface area (Å²) < 4.78 is 26.5. The largest absolute Gasteiger partial charge is 0.481 e. The van der Waals surface area contributed by atoms with E-state index in [9.17, 15) is 18.0 Å². The third-order valence-corrected chi connectivity index (χ3v) is 4.54. The minimum atomic E-state index is -3.59. The second-order valence-corrected chi connectivity index (χ2v) is 7.49. The van der Waals surface area contributed by atoms with Crippen molar-refractivity contribution >= 4 is 21.9 Å². The van der Waals surface area contributed by atoms with Crippen LogP contribution in [0.1, 0.15) is 31.1 Å². The number of carboxylic acids is 1. The Bertz CT molecular complexity index is 653. The second-order valence-electron chi connectivity index (χ2n) is 5.72. The Labute approximate surface area is 136 Å². The maximum absolute atomic E-state index is 12.0. The van der Waals surface area contributed by atoms with Gasteiger partial charge in [-0.05, 0) is 30.2 Å². The Morgan fingerprint density at radius 1 is 1.09 bits per heavy atom. The van der Waals surface area contributed by atoms with Crippen molar-refractivity contribution in [3.05, 3.63) is 29.8 Å². The van der Waals surface area contributed by atoms with E-state index < -0.39 is 27.8 Å². The van der Waals surface area contributed by atoms with Gasteiger partial charge in [-0.15, -0.1) is 0 Å². The molecule has 1 aromatic rings. The van der Waals surface area contributed by atoms with Crippen LogP contribution >= 0.6 is 0 Å². The molecule has 0 spiro atoms. The lowest BCUT2D eigenvalue weighted by molar-refractivity contribution is -0.140. The predicted octanol–water partition coefficient (Wildman–Crippen LogP) is 1.07. The summed E-state index contributed by atoms with van der Waals surface area (Å²) in [6.07, 6.45) is 0. The summed E-state index contributed by atoms with van der Waals surface area (Å²) in [4.78, 5) is 22.6. The maximum atomic E-state index is 12.0. The van der Waals surface area contributed by atoms with E-state index in [1.54, 1.807) is 0 Å². The average molecular weight is 342 g/mol. The summed E-state index contributed by atoms with van der Waals surface area (Å²) in [5, 5.41) is 11.2. The molecule has 0 fully saturated rings. The zero-order valence-corrected chi connectivity index (χ0v) is 14.2.